The zero-order valence-corrected chi connectivity index (χ0v) is 17.0. The van der Waals surface area contributed by atoms with E-state index in [9.17, 15) is 14.4 Å². The highest BCUT2D eigenvalue weighted by Crippen LogP contribution is 2.24. The van der Waals surface area contributed by atoms with E-state index in [2.05, 4.69) is 10.6 Å². The maximum Gasteiger partial charge on any atom is 0.254 e. The molecule has 1 aliphatic rings. The van der Waals surface area contributed by atoms with Crippen molar-refractivity contribution in [3.63, 3.8) is 0 Å². The summed E-state index contributed by atoms with van der Waals surface area (Å²) in [6.07, 6.45) is 2.23. The zero-order chi connectivity index (χ0) is 21.1. The van der Waals surface area contributed by atoms with Crippen LogP contribution in [0.1, 0.15) is 16.8 Å². The molecule has 1 fully saturated rings. The molecule has 0 spiro atoms. The van der Waals surface area contributed by atoms with Crippen LogP contribution in [-0.4, -0.2) is 46.8 Å². The van der Waals surface area contributed by atoms with Gasteiger partial charge in [-0.15, -0.1) is 0 Å². The molecule has 1 saturated heterocycles. The van der Waals surface area contributed by atoms with Crippen molar-refractivity contribution in [1.29, 1.82) is 0 Å². The molecular formula is C22H21ClN4O3. The van der Waals surface area contributed by atoms with Gasteiger partial charge in [0.1, 0.15) is 0 Å². The molecule has 7 nitrogen and oxygen atoms in total. The third-order valence-corrected chi connectivity index (χ3v) is 5.41. The average molecular weight is 425 g/mol. The molecule has 0 unspecified atom stereocenters. The van der Waals surface area contributed by atoms with Crippen molar-refractivity contribution in [2.24, 2.45) is 0 Å². The Hall–Kier alpha value is -3.32. The van der Waals surface area contributed by atoms with Gasteiger partial charge in [-0.2, -0.15) is 0 Å². The third kappa shape index (κ3) is 4.31. The number of hydrogen-bond donors (Lipinski definition) is 2. The number of rotatable bonds is 5. The first-order valence-corrected chi connectivity index (χ1v) is 10.1. The summed E-state index contributed by atoms with van der Waals surface area (Å²) < 4.78 is 2.00. The maximum absolute atomic E-state index is 12.5. The normalized spacial score (nSPS) is 13.9. The molecule has 154 valence electrons. The van der Waals surface area contributed by atoms with E-state index in [1.54, 1.807) is 24.3 Å². The van der Waals surface area contributed by atoms with Crippen LogP contribution in [0.4, 0.5) is 5.69 Å². The van der Waals surface area contributed by atoms with Crippen molar-refractivity contribution in [2.75, 3.05) is 25.0 Å². The Bertz CT molecular complexity index is 1110. The van der Waals surface area contributed by atoms with Crippen molar-refractivity contribution >= 4 is 45.9 Å². The van der Waals surface area contributed by atoms with Crippen LogP contribution in [0.15, 0.2) is 54.7 Å². The Morgan fingerprint density at radius 1 is 1.10 bits per heavy atom. The van der Waals surface area contributed by atoms with E-state index >= 15 is 0 Å². The third-order valence-electron chi connectivity index (χ3n) is 5.08. The molecule has 2 N–H and O–H groups in total. The van der Waals surface area contributed by atoms with Crippen LogP contribution in [-0.2, 0) is 16.1 Å². The minimum atomic E-state index is -0.194. The molecule has 3 amide bonds. The molecule has 1 aromatic heterocycles. The molecule has 4 rings (SSSR count). The van der Waals surface area contributed by atoms with Crippen LogP contribution in [0.25, 0.3) is 10.9 Å². The lowest BCUT2D eigenvalue weighted by molar-refractivity contribution is -0.123. The lowest BCUT2D eigenvalue weighted by Crippen LogP contribution is -2.49. The summed E-state index contributed by atoms with van der Waals surface area (Å²) in [7, 11) is 0. The predicted octanol–water partition coefficient (Wildman–Crippen LogP) is 2.90. The van der Waals surface area contributed by atoms with Gasteiger partial charge in [0.05, 0.1) is 6.54 Å². The highest BCUT2D eigenvalue weighted by atomic mass is 35.5. The fraction of sp³-hybridized carbons (Fsp3) is 0.227. The lowest BCUT2D eigenvalue weighted by atomic mass is 10.1. The van der Waals surface area contributed by atoms with Crippen molar-refractivity contribution in [3.8, 4) is 0 Å². The minimum Gasteiger partial charge on any atom is -0.353 e. The minimum absolute atomic E-state index is 0.0661. The van der Waals surface area contributed by atoms with Gasteiger partial charge in [0.15, 0.2) is 0 Å². The van der Waals surface area contributed by atoms with Crippen LogP contribution in [0.5, 0.6) is 0 Å². The molecule has 3 aromatic rings. The SMILES string of the molecule is O=C1CN(C(=O)c2ccc(NC(=O)CCn3ccc4c(Cl)cccc43)cc2)CCN1. The van der Waals surface area contributed by atoms with Gasteiger partial charge in [0.2, 0.25) is 11.8 Å². The van der Waals surface area contributed by atoms with Crippen molar-refractivity contribution in [2.45, 2.75) is 13.0 Å². The van der Waals surface area contributed by atoms with Crippen LogP contribution in [0.3, 0.4) is 0 Å². The van der Waals surface area contributed by atoms with Crippen LogP contribution in [0.2, 0.25) is 5.02 Å². The average Bonchev–Trinajstić information content (AvgIpc) is 3.17. The Kier molecular flexibility index (Phi) is 5.72. The molecule has 0 saturated carbocycles. The van der Waals surface area contributed by atoms with Crippen LogP contribution >= 0.6 is 11.6 Å². The van der Waals surface area contributed by atoms with E-state index in [-0.39, 0.29) is 24.3 Å². The Morgan fingerprint density at radius 3 is 2.67 bits per heavy atom. The van der Waals surface area contributed by atoms with E-state index < -0.39 is 0 Å². The first-order chi connectivity index (χ1) is 14.5. The molecule has 0 aliphatic carbocycles. The summed E-state index contributed by atoms with van der Waals surface area (Å²) in [4.78, 5) is 37.8. The Balaban J connectivity index is 1.34. The lowest BCUT2D eigenvalue weighted by Gasteiger charge is -2.26. The molecule has 2 aromatic carbocycles. The molecule has 0 bridgehead atoms. The van der Waals surface area contributed by atoms with E-state index in [4.69, 9.17) is 11.6 Å². The Morgan fingerprint density at radius 2 is 1.90 bits per heavy atom. The molecule has 2 heterocycles. The number of amides is 3. The maximum atomic E-state index is 12.5. The number of fused-ring (bicyclic) bond motifs is 1. The van der Waals surface area contributed by atoms with Crippen molar-refractivity contribution in [3.05, 3.63) is 65.3 Å². The topological polar surface area (TPSA) is 83.4 Å². The summed E-state index contributed by atoms with van der Waals surface area (Å²) in [5.41, 5.74) is 2.09. The highest BCUT2D eigenvalue weighted by molar-refractivity contribution is 6.35. The second kappa shape index (κ2) is 8.59. The predicted molar refractivity (Wildman–Crippen MR) is 116 cm³/mol. The van der Waals surface area contributed by atoms with Crippen LogP contribution in [0, 0.1) is 0 Å². The largest absolute Gasteiger partial charge is 0.353 e. The number of hydrogen-bond acceptors (Lipinski definition) is 3. The standard InChI is InChI=1S/C22H21ClN4O3/c23-18-2-1-3-19-17(18)8-11-26(19)12-9-20(28)25-16-6-4-15(5-7-16)22(30)27-13-10-24-21(29)14-27/h1-8,11H,9-10,12-14H2,(H,24,29)(H,25,28). The number of aromatic nitrogens is 1. The number of carbonyl (C=O) groups is 3. The molecule has 1 aliphatic heterocycles. The first kappa shape index (κ1) is 20.0. The summed E-state index contributed by atoms with van der Waals surface area (Å²) in [5.74, 6) is -0.470. The van der Waals surface area contributed by atoms with Gasteiger partial charge in [0.25, 0.3) is 5.91 Å². The van der Waals surface area contributed by atoms with Gasteiger partial charge in [0, 0.05) is 59.4 Å². The number of halogens is 1. The number of benzene rings is 2. The number of aryl methyl sites for hydroxylation is 1. The van der Waals surface area contributed by atoms with Gasteiger partial charge in [-0.1, -0.05) is 17.7 Å². The highest BCUT2D eigenvalue weighted by Gasteiger charge is 2.22. The molecule has 30 heavy (non-hydrogen) atoms. The summed E-state index contributed by atoms with van der Waals surface area (Å²) in [6.45, 7) is 1.55. The first-order valence-electron chi connectivity index (χ1n) is 9.70. The van der Waals surface area contributed by atoms with Crippen molar-refractivity contribution in [1.82, 2.24) is 14.8 Å². The summed E-state index contributed by atoms with van der Waals surface area (Å²) >= 11 is 6.19. The fourth-order valence-electron chi connectivity index (χ4n) is 3.52. The van der Waals surface area contributed by atoms with Gasteiger partial charge in [-0.05, 0) is 42.5 Å². The number of carbonyl (C=O) groups excluding carboxylic acids is 3. The van der Waals surface area contributed by atoms with Gasteiger partial charge in [-0.25, -0.2) is 0 Å². The number of nitrogens with zero attached hydrogens (tertiary/aromatic N) is 2. The Labute approximate surface area is 178 Å². The van der Waals surface area contributed by atoms with E-state index in [0.717, 1.165) is 10.9 Å². The summed E-state index contributed by atoms with van der Waals surface area (Å²) in [5, 5.41) is 7.20. The zero-order valence-electron chi connectivity index (χ0n) is 16.2. The summed E-state index contributed by atoms with van der Waals surface area (Å²) in [6, 6.07) is 14.4. The molecule has 8 heteroatoms. The van der Waals surface area contributed by atoms with Crippen LogP contribution < -0.4 is 10.6 Å². The van der Waals surface area contributed by atoms with E-state index in [1.807, 2.05) is 35.0 Å². The smallest absolute Gasteiger partial charge is 0.254 e. The van der Waals surface area contributed by atoms with Crippen molar-refractivity contribution < 1.29 is 14.4 Å². The number of nitrogens with one attached hydrogen (secondary N) is 2. The number of piperazine rings is 1. The fourth-order valence-corrected chi connectivity index (χ4v) is 3.75. The van der Waals surface area contributed by atoms with Gasteiger partial charge >= 0.3 is 0 Å². The number of anilines is 1. The molecule has 0 atom stereocenters. The molecular weight excluding hydrogens is 404 g/mol. The second-order valence-electron chi connectivity index (χ2n) is 7.13. The van der Waals surface area contributed by atoms with Gasteiger partial charge in [-0.3, -0.25) is 14.4 Å². The molecule has 0 radical (unpaired) electrons. The quantitative estimate of drug-likeness (QED) is 0.660. The van der Waals surface area contributed by atoms with E-state index in [1.165, 1.54) is 4.90 Å². The monoisotopic (exact) mass is 424 g/mol. The van der Waals surface area contributed by atoms with E-state index in [0.29, 0.717) is 42.3 Å². The second-order valence-corrected chi connectivity index (χ2v) is 7.54. The van der Waals surface area contributed by atoms with Gasteiger partial charge < -0.3 is 20.1 Å².